The number of carbonyl (C=O) groups excluding carboxylic acids is 1. The van der Waals surface area contributed by atoms with Gasteiger partial charge in [0.1, 0.15) is 5.75 Å². The Bertz CT molecular complexity index is 197. The highest BCUT2D eigenvalue weighted by molar-refractivity contribution is 8.04. The van der Waals surface area contributed by atoms with Gasteiger partial charge in [-0.2, -0.15) is 0 Å². The zero-order valence-electron chi connectivity index (χ0n) is 6.82. The van der Waals surface area contributed by atoms with Gasteiger partial charge in [-0.1, -0.05) is 0 Å². The van der Waals surface area contributed by atoms with Crippen LogP contribution in [0.15, 0.2) is 0 Å². The molecular formula is C4H8Cl2O5S2. The van der Waals surface area contributed by atoms with Crippen LogP contribution in [0.25, 0.3) is 0 Å². The summed E-state index contributed by atoms with van der Waals surface area (Å²) in [7, 11) is 5.62. The van der Waals surface area contributed by atoms with Crippen LogP contribution in [0.5, 0.6) is 0 Å². The summed E-state index contributed by atoms with van der Waals surface area (Å²) in [5, 5.41) is -0.648. The molecule has 0 aliphatic heterocycles. The summed E-state index contributed by atoms with van der Waals surface area (Å²) in [6.45, 7) is 0. The first-order valence-electron chi connectivity index (χ1n) is 2.67. The van der Waals surface area contributed by atoms with Crippen LogP contribution in [0.1, 0.15) is 0 Å². The van der Waals surface area contributed by atoms with Crippen molar-refractivity contribution in [2.24, 2.45) is 0 Å². The van der Waals surface area contributed by atoms with E-state index in [2.05, 4.69) is 8.37 Å². The topological polar surface area (TPSA) is 69.7 Å². The number of rotatable bonds is 4. The predicted octanol–water partition coefficient (Wildman–Crippen LogP) is 0.512. The maximum Gasteiger partial charge on any atom is 0.255 e. The summed E-state index contributed by atoms with van der Waals surface area (Å²) in [6.07, 6.45) is 0. The van der Waals surface area contributed by atoms with E-state index in [9.17, 15) is 13.2 Å². The molecule has 13 heavy (non-hydrogen) atoms. The van der Waals surface area contributed by atoms with Gasteiger partial charge in [0, 0.05) is 10.7 Å². The average molecular weight is 271 g/mol. The van der Waals surface area contributed by atoms with E-state index in [0.29, 0.717) is 0 Å². The molecule has 0 spiro atoms. The Kier molecular flexibility index (Phi) is 12.9. The van der Waals surface area contributed by atoms with Gasteiger partial charge in [0.05, 0.1) is 14.2 Å². The van der Waals surface area contributed by atoms with Gasteiger partial charge >= 0.3 is 0 Å². The van der Waals surface area contributed by atoms with Crippen molar-refractivity contribution in [2.45, 2.75) is 0 Å². The van der Waals surface area contributed by atoms with Crippen LogP contribution in [0, 0.1) is 0 Å². The van der Waals surface area contributed by atoms with E-state index in [-0.39, 0.29) is 5.75 Å². The van der Waals surface area contributed by atoms with E-state index in [1.165, 1.54) is 14.2 Å². The highest BCUT2D eigenvalue weighted by atomic mass is 35.7. The van der Waals surface area contributed by atoms with Gasteiger partial charge in [0.2, 0.25) is 5.24 Å². The smallest absolute Gasteiger partial charge is 0.255 e. The van der Waals surface area contributed by atoms with Crippen molar-refractivity contribution in [1.82, 2.24) is 0 Å². The minimum atomic E-state index is -1.60. The summed E-state index contributed by atoms with van der Waals surface area (Å²) in [6, 6.07) is 0. The van der Waals surface area contributed by atoms with E-state index in [1.54, 1.807) is 0 Å². The summed E-state index contributed by atoms with van der Waals surface area (Å²) in [4.78, 5) is 9.91. The second kappa shape index (κ2) is 10.6. The molecular weight excluding hydrogens is 263 g/mol. The van der Waals surface area contributed by atoms with Gasteiger partial charge in [-0.25, -0.2) is 8.42 Å². The van der Waals surface area contributed by atoms with Crippen molar-refractivity contribution in [3.05, 3.63) is 0 Å². The Morgan fingerprint density at radius 3 is 1.77 bits per heavy atom. The van der Waals surface area contributed by atoms with Gasteiger partial charge in [-0.15, -0.1) is 0 Å². The summed E-state index contributed by atoms with van der Waals surface area (Å²) in [5.74, 6) is -0.238. The summed E-state index contributed by atoms with van der Waals surface area (Å²) < 4.78 is 27.9. The third kappa shape index (κ3) is 19.1. The predicted molar refractivity (Wildman–Crippen MR) is 51.9 cm³/mol. The standard InChI is InChI=1S/C3H5ClO3S.CH3ClO2S/c1-7-8(6)2-3(4)5;1-4-5(2)3/h2H2,1H3;1H3. The zero-order chi connectivity index (χ0) is 10.9. The Hall–Kier alpha value is 0.470. The second-order valence-electron chi connectivity index (χ2n) is 1.33. The van der Waals surface area contributed by atoms with E-state index in [4.69, 9.17) is 22.3 Å². The van der Waals surface area contributed by atoms with Crippen molar-refractivity contribution in [1.29, 1.82) is 0 Å². The quantitative estimate of drug-likeness (QED) is 0.697. The van der Waals surface area contributed by atoms with Crippen LogP contribution >= 0.6 is 22.3 Å². The lowest BCUT2D eigenvalue weighted by atomic mass is 10.9. The lowest BCUT2D eigenvalue weighted by molar-refractivity contribution is -0.109. The van der Waals surface area contributed by atoms with Gasteiger partial charge in [0.25, 0.3) is 10.3 Å². The van der Waals surface area contributed by atoms with Crippen molar-refractivity contribution < 1.29 is 21.6 Å². The molecule has 0 aromatic carbocycles. The highest BCUT2D eigenvalue weighted by Gasteiger charge is 2.01. The van der Waals surface area contributed by atoms with Crippen LogP contribution in [-0.2, 0) is 34.5 Å². The molecule has 0 bridgehead atoms. The van der Waals surface area contributed by atoms with Crippen molar-refractivity contribution in [3.63, 3.8) is 0 Å². The molecule has 2 atom stereocenters. The second-order valence-corrected chi connectivity index (χ2v) is 4.46. The first-order valence-corrected chi connectivity index (χ1v) is 6.20. The summed E-state index contributed by atoms with van der Waals surface area (Å²) in [5.41, 5.74) is 0. The molecule has 0 saturated carbocycles. The highest BCUT2D eigenvalue weighted by Crippen LogP contribution is 1.86. The molecule has 0 fully saturated rings. The molecule has 2 unspecified atom stereocenters. The molecule has 0 N–H and O–H groups in total. The molecule has 0 rings (SSSR count). The van der Waals surface area contributed by atoms with Crippen LogP contribution < -0.4 is 0 Å². The van der Waals surface area contributed by atoms with Crippen molar-refractivity contribution in [3.8, 4) is 0 Å². The Morgan fingerprint density at radius 2 is 1.69 bits per heavy atom. The molecule has 0 radical (unpaired) electrons. The largest absolute Gasteiger partial charge is 0.294 e. The van der Waals surface area contributed by atoms with E-state index < -0.39 is 26.6 Å². The van der Waals surface area contributed by atoms with Gasteiger partial charge < -0.3 is 0 Å². The van der Waals surface area contributed by atoms with E-state index in [1.807, 2.05) is 0 Å². The SMILES string of the molecule is COS(=O)CC(=O)Cl.COS(=O)Cl. The Balaban J connectivity index is 0. The molecule has 0 aromatic heterocycles. The Labute approximate surface area is 90.5 Å². The lowest BCUT2D eigenvalue weighted by Crippen LogP contribution is -2.04. The normalized spacial score (nSPS) is 13.8. The Morgan fingerprint density at radius 1 is 1.31 bits per heavy atom. The molecule has 0 saturated heterocycles. The molecule has 9 heteroatoms. The maximum absolute atomic E-state index is 10.2. The molecule has 0 aromatic rings. The van der Waals surface area contributed by atoms with Crippen LogP contribution in [-0.4, -0.2) is 33.6 Å². The third-order valence-electron chi connectivity index (χ3n) is 0.548. The molecule has 0 heterocycles. The fraction of sp³-hybridized carbons (Fsp3) is 0.750. The number of carbonyl (C=O) groups is 1. The van der Waals surface area contributed by atoms with Gasteiger partial charge in [0.15, 0.2) is 11.1 Å². The monoisotopic (exact) mass is 270 g/mol. The maximum atomic E-state index is 10.2. The minimum absolute atomic E-state index is 0.238. The van der Waals surface area contributed by atoms with Crippen LogP contribution in [0.3, 0.4) is 0 Å². The van der Waals surface area contributed by atoms with Crippen LogP contribution in [0.2, 0.25) is 0 Å². The molecule has 0 amide bonds. The van der Waals surface area contributed by atoms with Crippen LogP contribution in [0.4, 0.5) is 0 Å². The lowest BCUT2D eigenvalue weighted by Gasteiger charge is -1.88. The summed E-state index contributed by atoms with van der Waals surface area (Å²) >= 11 is 3.30. The molecule has 80 valence electrons. The number of hydrogen-bond donors (Lipinski definition) is 0. The number of hydrogen-bond acceptors (Lipinski definition) is 5. The fourth-order valence-corrected chi connectivity index (χ4v) is 0.722. The van der Waals surface area contributed by atoms with Gasteiger partial charge in [-0.05, 0) is 11.6 Å². The average Bonchev–Trinajstić information content (AvgIpc) is 2.04. The van der Waals surface area contributed by atoms with Crippen molar-refractivity contribution in [2.75, 3.05) is 20.0 Å². The molecule has 0 aliphatic carbocycles. The third-order valence-corrected chi connectivity index (χ3v) is 2.35. The van der Waals surface area contributed by atoms with Crippen molar-refractivity contribution >= 4 is 48.9 Å². The van der Waals surface area contributed by atoms with E-state index in [0.717, 1.165) is 0 Å². The van der Waals surface area contributed by atoms with Gasteiger partial charge in [-0.3, -0.25) is 13.2 Å². The molecule has 5 nitrogen and oxygen atoms in total. The zero-order valence-corrected chi connectivity index (χ0v) is 9.97. The molecule has 0 aliphatic rings. The van der Waals surface area contributed by atoms with E-state index >= 15 is 0 Å². The number of halogens is 2. The minimum Gasteiger partial charge on any atom is -0.294 e. The first-order chi connectivity index (χ1) is 5.93. The fourth-order valence-electron chi connectivity index (χ4n) is 0.152. The first kappa shape index (κ1) is 15.9.